The molecule has 3 rings (SSSR count). The quantitative estimate of drug-likeness (QED) is 0.793. The van der Waals surface area contributed by atoms with Crippen molar-refractivity contribution in [3.8, 4) is 0 Å². The van der Waals surface area contributed by atoms with Crippen molar-refractivity contribution in [3.63, 3.8) is 0 Å². The molecule has 1 aromatic carbocycles. The van der Waals surface area contributed by atoms with E-state index >= 15 is 0 Å². The summed E-state index contributed by atoms with van der Waals surface area (Å²) in [6.45, 7) is 4.88. The maximum Gasteiger partial charge on any atom is 0.337 e. The summed E-state index contributed by atoms with van der Waals surface area (Å²) >= 11 is 0. The molecular formula is C18H18N2O2. The largest absolute Gasteiger partial charge is 0.478 e. The monoisotopic (exact) mass is 294 g/mol. The van der Waals surface area contributed by atoms with E-state index in [1.807, 2.05) is 28.8 Å². The van der Waals surface area contributed by atoms with Gasteiger partial charge >= 0.3 is 5.97 Å². The number of rotatable bonds is 4. The Bertz CT molecular complexity index is 820. The van der Waals surface area contributed by atoms with Crippen LogP contribution in [0.1, 0.15) is 41.3 Å². The van der Waals surface area contributed by atoms with Gasteiger partial charge in [0.05, 0.1) is 11.1 Å². The minimum absolute atomic E-state index is 0.330. The molecule has 0 bridgehead atoms. The van der Waals surface area contributed by atoms with Crippen molar-refractivity contribution in [1.82, 2.24) is 9.55 Å². The fourth-order valence-corrected chi connectivity index (χ4v) is 2.84. The van der Waals surface area contributed by atoms with Gasteiger partial charge in [0.15, 0.2) is 0 Å². The van der Waals surface area contributed by atoms with Gasteiger partial charge in [-0.3, -0.25) is 4.98 Å². The van der Waals surface area contributed by atoms with Crippen LogP contribution in [0.2, 0.25) is 0 Å². The van der Waals surface area contributed by atoms with Gasteiger partial charge < -0.3 is 9.67 Å². The average Bonchev–Trinajstić information content (AvgIpc) is 2.87. The lowest BCUT2D eigenvalue weighted by Gasteiger charge is -2.12. The van der Waals surface area contributed by atoms with Crippen molar-refractivity contribution in [2.75, 3.05) is 0 Å². The Kier molecular flexibility index (Phi) is 3.67. The molecule has 112 valence electrons. The number of fused-ring (bicyclic) bond motifs is 1. The molecule has 1 N–H and O–H groups in total. The highest BCUT2D eigenvalue weighted by Gasteiger charge is 2.17. The van der Waals surface area contributed by atoms with Crippen molar-refractivity contribution in [3.05, 3.63) is 65.6 Å². The molecule has 0 saturated carbocycles. The van der Waals surface area contributed by atoms with Crippen LogP contribution in [0.3, 0.4) is 0 Å². The summed E-state index contributed by atoms with van der Waals surface area (Å²) in [5.74, 6) is -0.559. The van der Waals surface area contributed by atoms with Crippen LogP contribution < -0.4 is 0 Å². The first-order valence-corrected chi connectivity index (χ1v) is 7.32. The molecule has 0 atom stereocenters. The Balaban J connectivity index is 2.22. The van der Waals surface area contributed by atoms with Crippen LogP contribution in [0.25, 0.3) is 10.9 Å². The SMILES string of the molecule is CC(C)c1cccc2c(C(=O)O)cn(Cc3ccncc3)c12. The fourth-order valence-electron chi connectivity index (χ4n) is 2.84. The molecule has 0 radical (unpaired) electrons. The molecule has 4 heteroatoms. The highest BCUT2D eigenvalue weighted by molar-refractivity contribution is 6.04. The molecule has 0 unspecified atom stereocenters. The lowest BCUT2D eigenvalue weighted by molar-refractivity contribution is 0.0699. The molecule has 3 aromatic rings. The molecule has 0 spiro atoms. The van der Waals surface area contributed by atoms with Gasteiger partial charge in [-0.2, -0.15) is 0 Å². The second-order valence-corrected chi connectivity index (χ2v) is 5.73. The number of pyridine rings is 1. The molecule has 0 saturated heterocycles. The van der Waals surface area contributed by atoms with E-state index in [0.29, 0.717) is 18.0 Å². The van der Waals surface area contributed by atoms with E-state index in [-0.39, 0.29) is 0 Å². The van der Waals surface area contributed by atoms with Gasteiger partial charge in [-0.25, -0.2) is 4.79 Å². The van der Waals surface area contributed by atoms with E-state index in [0.717, 1.165) is 16.5 Å². The van der Waals surface area contributed by atoms with Gasteiger partial charge in [-0.15, -0.1) is 0 Å². The summed E-state index contributed by atoms with van der Waals surface area (Å²) in [5.41, 5.74) is 3.62. The Morgan fingerprint density at radius 2 is 1.95 bits per heavy atom. The Morgan fingerprint density at radius 1 is 1.23 bits per heavy atom. The van der Waals surface area contributed by atoms with Crippen LogP contribution in [-0.2, 0) is 6.54 Å². The zero-order valence-corrected chi connectivity index (χ0v) is 12.7. The topological polar surface area (TPSA) is 55.1 Å². The molecule has 0 aliphatic carbocycles. The number of hydrogen-bond acceptors (Lipinski definition) is 2. The Hall–Kier alpha value is -2.62. The first kappa shape index (κ1) is 14.3. The van der Waals surface area contributed by atoms with Crippen LogP contribution in [0, 0.1) is 0 Å². The minimum Gasteiger partial charge on any atom is -0.478 e. The van der Waals surface area contributed by atoms with Gasteiger partial charge in [0.2, 0.25) is 0 Å². The third kappa shape index (κ3) is 2.48. The number of para-hydroxylation sites is 1. The van der Waals surface area contributed by atoms with E-state index in [9.17, 15) is 9.90 Å². The lowest BCUT2D eigenvalue weighted by atomic mass is 9.99. The summed E-state index contributed by atoms with van der Waals surface area (Å²) in [4.78, 5) is 15.6. The number of aromatic carboxylic acids is 1. The summed E-state index contributed by atoms with van der Waals surface area (Å²) < 4.78 is 2.03. The number of hydrogen-bond donors (Lipinski definition) is 1. The van der Waals surface area contributed by atoms with E-state index < -0.39 is 5.97 Å². The van der Waals surface area contributed by atoms with Crippen LogP contribution in [0.4, 0.5) is 0 Å². The van der Waals surface area contributed by atoms with Gasteiger partial charge in [0.1, 0.15) is 0 Å². The summed E-state index contributed by atoms with van der Waals surface area (Å²) in [5, 5.41) is 10.3. The van der Waals surface area contributed by atoms with Gasteiger partial charge in [-0.1, -0.05) is 32.0 Å². The van der Waals surface area contributed by atoms with Crippen LogP contribution in [-0.4, -0.2) is 20.6 Å². The Labute approximate surface area is 129 Å². The van der Waals surface area contributed by atoms with Crippen LogP contribution in [0.15, 0.2) is 48.9 Å². The van der Waals surface area contributed by atoms with Crippen molar-refractivity contribution in [1.29, 1.82) is 0 Å². The van der Waals surface area contributed by atoms with Gasteiger partial charge in [0.25, 0.3) is 0 Å². The van der Waals surface area contributed by atoms with E-state index in [2.05, 4.69) is 24.9 Å². The highest BCUT2D eigenvalue weighted by Crippen LogP contribution is 2.30. The van der Waals surface area contributed by atoms with Crippen LogP contribution in [0.5, 0.6) is 0 Å². The minimum atomic E-state index is -0.889. The third-order valence-corrected chi connectivity index (χ3v) is 3.88. The zero-order valence-electron chi connectivity index (χ0n) is 12.7. The van der Waals surface area contributed by atoms with E-state index in [1.54, 1.807) is 18.6 Å². The van der Waals surface area contributed by atoms with Crippen LogP contribution >= 0.6 is 0 Å². The molecule has 0 aliphatic heterocycles. The molecule has 2 heterocycles. The van der Waals surface area contributed by atoms with Crippen molar-refractivity contribution >= 4 is 16.9 Å². The molecule has 0 fully saturated rings. The number of nitrogens with zero attached hydrogens (tertiary/aromatic N) is 2. The highest BCUT2D eigenvalue weighted by atomic mass is 16.4. The lowest BCUT2D eigenvalue weighted by Crippen LogP contribution is -2.01. The molecular weight excluding hydrogens is 276 g/mol. The van der Waals surface area contributed by atoms with E-state index in [1.165, 1.54) is 5.56 Å². The number of aromatic nitrogens is 2. The maximum absolute atomic E-state index is 11.5. The molecule has 22 heavy (non-hydrogen) atoms. The van der Waals surface area contributed by atoms with Crippen molar-refractivity contribution in [2.24, 2.45) is 0 Å². The predicted octanol–water partition coefficient (Wildman–Crippen LogP) is 3.91. The third-order valence-electron chi connectivity index (χ3n) is 3.88. The number of carbonyl (C=O) groups is 1. The van der Waals surface area contributed by atoms with E-state index in [4.69, 9.17) is 0 Å². The molecule has 4 nitrogen and oxygen atoms in total. The second-order valence-electron chi connectivity index (χ2n) is 5.73. The smallest absolute Gasteiger partial charge is 0.337 e. The van der Waals surface area contributed by atoms with Crippen molar-refractivity contribution < 1.29 is 9.90 Å². The number of carboxylic acid groups (broad SMARTS) is 1. The number of benzene rings is 1. The van der Waals surface area contributed by atoms with Crippen molar-refractivity contribution in [2.45, 2.75) is 26.3 Å². The van der Waals surface area contributed by atoms with Gasteiger partial charge in [-0.05, 0) is 29.2 Å². The predicted molar refractivity (Wildman–Crippen MR) is 86.3 cm³/mol. The normalized spacial score (nSPS) is 11.2. The molecule has 0 amide bonds. The average molecular weight is 294 g/mol. The first-order valence-electron chi connectivity index (χ1n) is 7.32. The Morgan fingerprint density at radius 3 is 2.59 bits per heavy atom. The summed E-state index contributed by atoms with van der Waals surface area (Å²) in [7, 11) is 0. The second kappa shape index (κ2) is 5.64. The maximum atomic E-state index is 11.5. The first-order chi connectivity index (χ1) is 10.6. The zero-order chi connectivity index (χ0) is 15.7. The number of carboxylic acids is 1. The van der Waals surface area contributed by atoms with Gasteiger partial charge in [0, 0.05) is 30.5 Å². The summed E-state index contributed by atoms with van der Waals surface area (Å²) in [6, 6.07) is 9.78. The molecule has 2 aromatic heterocycles. The fraction of sp³-hybridized carbons (Fsp3) is 0.222. The summed E-state index contributed by atoms with van der Waals surface area (Å²) in [6.07, 6.45) is 5.24. The standard InChI is InChI=1S/C18H18N2O2/c1-12(2)14-4-3-5-15-16(18(21)22)11-20(17(14)15)10-13-6-8-19-9-7-13/h3-9,11-12H,10H2,1-2H3,(H,21,22). The molecule has 0 aliphatic rings.